The van der Waals surface area contributed by atoms with Crippen LogP contribution in [0.5, 0.6) is 0 Å². The molecule has 1 aliphatic heterocycles. The Hall–Kier alpha value is -1.83. The lowest BCUT2D eigenvalue weighted by molar-refractivity contribution is -0.131. The Morgan fingerprint density at radius 1 is 1.33 bits per heavy atom. The first-order valence-electron chi connectivity index (χ1n) is 6.70. The Bertz CT molecular complexity index is 676. The van der Waals surface area contributed by atoms with Crippen molar-refractivity contribution in [2.24, 2.45) is 7.05 Å². The van der Waals surface area contributed by atoms with Gasteiger partial charge >= 0.3 is 5.97 Å². The third-order valence-corrected chi connectivity index (χ3v) is 5.20. The molecule has 2 rings (SSSR count). The Morgan fingerprint density at radius 2 is 2.05 bits per heavy atom. The minimum Gasteiger partial charge on any atom is -0.478 e. The van der Waals surface area contributed by atoms with Gasteiger partial charge in [0, 0.05) is 31.8 Å². The van der Waals surface area contributed by atoms with E-state index in [4.69, 9.17) is 5.11 Å². The lowest BCUT2D eigenvalue weighted by Gasteiger charge is -2.22. The molecule has 2 heterocycles. The number of sulfone groups is 1. The van der Waals surface area contributed by atoms with Crippen LogP contribution >= 0.6 is 0 Å². The van der Waals surface area contributed by atoms with Crippen LogP contribution in [0.4, 0.5) is 5.82 Å². The van der Waals surface area contributed by atoms with E-state index in [0.29, 0.717) is 19.5 Å². The van der Waals surface area contributed by atoms with Crippen LogP contribution in [0, 0.1) is 6.92 Å². The molecule has 7 nitrogen and oxygen atoms in total. The van der Waals surface area contributed by atoms with Crippen molar-refractivity contribution in [3.05, 3.63) is 17.3 Å². The van der Waals surface area contributed by atoms with E-state index in [2.05, 4.69) is 5.10 Å². The number of carbonyl (C=O) groups is 1. The van der Waals surface area contributed by atoms with E-state index in [0.717, 1.165) is 23.2 Å². The van der Waals surface area contributed by atoms with Crippen LogP contribution in [0.1, 0.15) is 17.7 Å². The summed E-state index contributed by atoms with van der Waals surface area (Å²) < 4.78 is 25.1. The van der Waals surface area contributed by atoms with Crippen LogP contribution < -0.4 is 4.90 Å². The zero-order valence-corrected chi connectivity index (χ0v) is 12.9. The molecule has 0 bridgehead atoms. The monoisotopic (exact) mass is 313 g/mol. The van der Waals surface area contributed by atoms with Gasteiger partial charge in [-0.2, -0.15) is 5.10 Å². The molecule has 1 N–H and O–H groups in total. The first kappa shape index (κ1) is 15.6. The van der Waals surface area contributed by atoms with Crippen LogP contribution in [0.15, 0.2) is 6.08 Å². The molecule has 1 aromatic heterocycles. The molecular weight excluding hydrogens is 294 g/mol. The summed E-state index contributed by atoms with van der Waals surface area (Å²) in [5.74, 6) is 0.0460. The van der Waals surface area contributed by atoms with Crippen LogP contribution in [-0.4, -0.2) is 53.9 Å². The van der Waals surface area contributed by atoms with Gasteiger partial charge in [0.15, 0.2) is 9.84 Å². The van der Waals surface area contributed by atoms with E-state index in [1.54, 1.807) is 18.7 Å². The van der Waals surface area contributed by atoms with Crippen molar-refractivity contribution in [3.63, 3.8) is 0 Å². The summed E-state index contributed by atoms with van der Waals surface area (Å²) in [6, 6.07) is 0. The maximum Gasteiger partial charge on any atom is 0.328 e. The molecule has 8 heteroatoms. The normalized spacial score (nSPS) is 18.9. The van der Waals surface area contributed by atoms with Gasteiger partial charge in [0.05, 0.1) is 17.2 Å². The number of carboxylic acids is 1. The molecule has 1 fully saturated rings. The predicted octanol–water partition coefficient (Wildman–Crippen LogP) is 0.451. The second kappa shape index (κ2) is 5.88. The predicted molar refractivity (Wildman–Crippen MR) is 80.1 cm³/mol. The number of anilines is 1. The van der Waals surface area contributed by atoms with E-state index < -0.39 is 15.8 Å². The van der Waals surface area contributed by atoms with Gasteiger partial charge in [-0.1, -0.05) is 0 Å². The number of carboxylic acid groups (broad SMARTS) is 1. The zero-order chi connectivity index (χ0) is 15.6. The fraction of sp³-hybridized carbons (Fsp3) is 0.538. The lowest BCUT2D eigenvalue weighted by atomic mass is 10.2. The Balaban J connectivity index is 2.36. The maximum atomic E-state index is 11.7. The van der Waals surface area contributed by atoms with E-state index in [9.17, 15) is 13.2 Å². The minimum atomic E-state index is -2.99. The van der Waals surface area contributed by atoms with Gasteiger partial charge in [-0.3, -0.25) is 4.68 Å². The molecule has 0 spiro atoms. The van der Waals surface area contributed by atoms with Crippen LogP contribution in [0.3, 0.4) is 0 Å². The fourth-order valence-electron chi connectivity index (χ4n) is 2.54. The Kier molecular flexibility index (Phi) is 4.36. The topological polar surface area (TPSA) is 92.5 Å². The number of rotatable bonds is 3. The molecule has 0 atom stereocenters. The molecule has 0 aliphatic carbocycles. The zero-order valence-electron chi connectivity index (χ0n) is 12.1. The average Bonchev–Trinajstić information content (AvgIpc) is 2.53. The van der Waals surface area contributed by atoms with Gasteiger partial charge in [0.1, 0.15) is 5.82 Å². The third-order valence-electron chi connectivity index (χ3n) is 3.48. The summed E-state index contributed by atoms with van der Waals surface area (Å²) in [6.07, 6.45) is 3.15. The second-order valence-corrected chi connectivity index (χ2v) is 7.41. The number of nitrogens with zero attached hydrogens (tertiary/aromatic N) is 3. The molecule has 0 unspecified atom stereocenters. The van der Waals surface area contributed by atoms with Gasteiger partial charge in [-0.05, 0) is 19.4 Å². The van der Waals surface area contributed by atoms with E-state index in [1.165, 1.54) is 6.08 Å². The number of aliphatic carboxylic acids is 1. The number of aryl methyl sites for hydroxylation is 2. The van der Waals surface area contributed by atoms with Gasteiger partial charge in [0.2, 0.25) is 0 Å². The van der Waals surface area contributed by atoms with Crippen molar-refractivity contribution in [3.8, 4) is 0 Å². The molecule has 116 valence electrons. The highest BCUT2D eigenvalue weighted by Crippen LogP contribution is 2.26. The van der Waals surface area contributed by atoms with Gasteiger partial charge < -0.3 is 10.0 Å². The second-order valence-electron chi connectivity index (χ2n) is 5.11. The summed E-state index contributed by atoms with van der Waals surface area (Å²) in [4.78, 5) is 12.7. The van der Waals surface area contributed by atoms with Crippen LogP contribution in [-0.2, 0) is 21.7 Å². The van der Waals surface area contributed by atoms with Crippen LogP contribution in [0.25, 0.3) is 6.08 Å². The van der Waals surface area contributed by atoms with Crippen molar-refractivity contribution in [1.82, 2.24) is 9.78 Å². The lowest BCUT2D eigenvalue weighted by Crippen LogP contribution is -2.29. The number of hydrogen-bond donors (Lipinski definition) is 1. The molecule has 1 aliphatic rings. The molecular formula is C13H19N3O4S. The fourth-order valence-corrected chi connectivity index (χ4v) is 3.81. The molecule has 0 saturated carbocycles. The summed E-state index contributed by atoms with van der Waals surface area (Å²) >= 11 is 0. The summed E-state index contributed by atoms with van der Waals surface area (Å²) in [7, 11) is -1.21. The number of aromatic nitrogens is 2. The highest BCUT2D eigenvalue weighted by Gasteiger charge is 2.23. The summed E-state index contributed by atoms with van der Waals surface area (Å²) in [5.41, 5.74) is 1.44. The van der Waals surface area contributed by atoms with Crippen molar-refractivity contribution in [1.29, 1.82) is 0 Å². The largest absolute Gasteiger partial charge is 0.478 e. The highest BCUT2D eigenvalue weighted by atomic mass is 32.2. The molecule has 1 saturated heterocycles. The smallest absolute Gasteiger partial charge is 0.328 e. The van der Waals surface area contributed by atoms with Crippen molar-refractivity contribution >= 4 is 27.7 Å². The molecule has 0 radical (unpaired) electrons. The quantitative estimate of drug-likeness (QED) is 0.815. The summed E-state index contributed by atoms with van der Waals surface area (Å²) in [6.45, 7) is 2.82. The minimum absolute atomic E-state index is 0.110. The molecule has 21 heavy (non-hydrogen) atoms. The maximum absolute atomic E-state index is 11.7. The Morgan fingerprint density at radius 3 is 2.71 bits per heavy atom. The van der Waals surface area contributed by atoms with Gasteiger partial charge in [0.25, 0.3) is 0 Å². The SMILES string of the molecule is Cc1nn(C)c(N2CCCS(=O)(=O)CC2)c1/C=C/C(=O)O. The standard InChI is InChI=1S/C13H19N3O4S/c1-10-11(4-5-12(17)18)13(15(2)14-10)16-6-3-8-21(19,20)9-7-16/h4-5H,3,6-9H2,1-2H3,(H,17,18)/b5-4+. The van der Waals surface area contributed by atoms with Gasteiger partial charge in [-0.25, -0.2) is 13.2 Å². The third kappa shape index (κ3) is 3.63. The average molecular weight is 313 g/mol. The van der Waals surface area contributed by atoms with E-state index >= 15 is 0 Å². The molecule has 0 aromatic carbocycles. The first-order chi connectivity index (χ1) is 9.80. The Labute approximate surface area is 123 Å². The first-order valence-corrected chi connectivity index (χ1v) is 8.52. The molecule has 1 aromatic rings. The van der Waals surface area contributed by atoms with E-state index in [1.807, 2.05) is 4.90 Å². The molecule has 0 amide bonds. The summed E-state index contributed by atoms with van der Waals surface area (Å²) in [5, 5.41) is 13.1. The van der Waals surface area contributed by atoms with Gasteiger partial charge in [-0.15, -0.1) is 0 Å². The van der Waals surface area contributed by atoms with Crippen molar-refractivity contribution in [2.75, 3.05) is 29.5 Å². The highest BCUT2D eigenvalue weighted by molar-refractivity contribution is 7.91. The van der Waals surface area contributed by atoms with Crippen LogP contribution in [0.2, 0.25) is 0 Å². The van der Waals surface area contributed by atoms with Crippen molar-refractivity contribution in [2.45, 2.75) is 13.3 Å². The van der Waals surface area contributed by atoms with E-state index in [-0.39, 0.29) is 11.5 Å². The van der Waals surface area contributed by atoms with Crippen molar-refractivity contribution < 1.29 is 18.3 Å². The number of hydrogen-bond acceptors (Lipinski definition) is 5.